The first-order valence-corrected chi connectivity index (χ1v) is 8.11. The van der Waals surface area contributed by atoms with Crippen molar-refractivity contribution in [1.29, 1.82) is 0 Å². The summed E-state index contributed by atoms with van der Waals surface area (Å²) in [6.45, 7) is 6.64. The number of nitrogens with one attached hydrogen (secondary N) is 1. The molecule has 1 saturated carbocycles. The average Bonchev–Trinajstić information content (AvgIpc) is 2.47. The molecule has 4 heteroatoms. The third-order valence-corrected chi connectivity index (χ3v) is 4.54. The van der Waals surface area contributed by atoms with Gasteiger partial charge >= 0.3 is 6.09 Å². The topological polar surface area (TPSA) is 47.6 Å². The maximum Gasteiger partial charge on any atom is 0.411 e. The summed E-state index contributed by atoms with van der Waals surface area (Å²) >= 11 is 0. The van der Waals surface area contributed by atoms with Crippen molar-refractivity contribution in [3.05, 3.63) is 24.3 Å². The van der Waals surface area contributed by atoms with Crippen molar-refractivity contribution in [1.82, 2.24) is 0 Å². The van der Waals surface area contributed by atoms with Crippen molar-refractivity contribution in [3.63, 3.8) is 0 Å². The van der Waals surface area contributed by atoms with Crippen molar-refractivity contribution >= 4 is 11.8 Å². The van der Waals surface area contributed by atoms with Crippen LogP contribution in [0.1, 0.15) is 40.0 Å². The predicted molar refractivity (Wildman–Crippen MR) is 88.2 cm³/mol. The third-order valence-electron chi connectivity index (χ3n) is 4.54. The minimum absolute atomic E-state index is 0.00866. The van der Waals surface area contributed by atoms with Gasteiger partial charge in [-0.25, -0.2) is 4.79 Å². The lowest BCUT2D eigenvalue weighted by atomic mass is 9.75. The van der Waals surface area contributed by atoms with Crippen molar-refractivity contribution in [2.45, 2.75) is 46.1 Å². The lowest BCUT2D eigenvalue weighted by molar-refractivity contribution is 0.0126. The van der Waals surface area contributed by atoms with E-state index < -0.39 is 0 Å². The quantitative estimate of drug-likeness (QED) is 0.876. The van der Waals surface area contributed by atoms with Gasteiger partial charge in [-0.3, -0.25) is 5.32 Å². The second kappa shape index (κ2) is 7.52. The van der Waals surface area contributed by atoms with Crippen molar-refractivity contribution in [2.75, 3.05) is 12.4 Å². The summed E-state index contributed by atoms with van der Waals surface area (Å²) in [6, 6.07) is 7.29. The molecule has 1 amide bonds. The van der Waals surface area contributed by atoms with Gasteiger partial charge in [0.2, 0.25) is 0 Å². The molecule has 1 fully saturated rings. The summed E-state index contributed by atoms with van der Waals surface area (Å²) in [5, 5.41) is 2.80. The van der Waals surface area contributed by atoms with Gasteiger partial charge in [0, 0.05) is 11.8 Å². The fourth-order valence-electron chi connectivity index (χ4n) is 3.24. The number of carbonyl (C=O) groups excluding carboxylic acids is 1. The molecule has 1 N–H and O–H groups in total. The molecule has 0 saturated heterocycles. The SMILES string of the molecule is COc1cccc(NC(=O)O[C@@H]2C[C@H](C)CC[C@H]2C(C)C)c1. The Labute approximate surface area is 133 Å². The first-order valence-electron chi connectivity index (χ1n) is 8.11. The molecular weight excluding hydrogens is 278 g/mol. The molecule has 0 unspecified atom stereocenters. The summed E-state index contributed by atoms with van der Waals surface area (Å²) in [4.78, 5) is 12.2. The smallest absolute Gasteiger partial charge is 0.411 e. The second-order valence-corrected chi connectivity index (χ2v) is 6.63. The minimum Gasteiger partial charge on any atom is -0.497 e. The van der Waals surface area contributed by atoms with E-state index in [1.54, 1.807) is 13.2 Å². The Balaban J connectivity index is 1.97. The van der Waals surface area contributed by atoms with Gasteiger partial charge in [0.15, 0.2) is 0 Å². The van der Waals surface area contributed by atoms with Gasteiger partial charge in [-0.2, -0.15) is 0 Å². The van der Waals surface area contributed by atoms with E-state index in [1.165, 1.54) is 6.42 Å². The highest BCUT2D eigenvalue weighted by molar-refractivity contribution is 5.85. The number of hydrogen-bond donors (Lipinski definition) is 1. The number of carbonyl (C=O) groups is 1. The van der Waals surface area contributed by atoms with Crippen LogP contribution in [0.15, 0.2) is 24.3 Å². The predicted octanol–water partition coefficient (Wildman–Crippen LogP) is 4.70. The van der Waals surface area contributed by atoms with E-state index in [0.29, 0.717) is 29.2 Å². The van der Waals surface area contributed by atoms with E-state index in [0.717, 1.165) is 12.8 Å². The normalized spacial score (nSPS) is 24.9. The summed E-state index contributed by atoms with van der Waals surface area (Å²) in [5.41, 5.74) is 0.689. The van der Waals surface area contributed by atoms with Crippen molar-refractivity contribution in [2.24, 2.45) is 17.8 Å². The van der Waals surface area contributed by atoms with Gasteiger partial charge in [0.25, 0.3) is 0 Å². The molecular formula is C18H27NO3. The maximum absolute atomic E-state index is 12.2. The van der Waals surface area contributed by atoms with E-state index in [1.807, 2.05) is 18.2 Å². The Morgan fingerprint density at radius 1 is 1.32 bits per heavy atom. The number of rotatable bonds is 4. The Morgan fingerprint density at radius 2 is 2.09 bits per heavy atom. The van der Waals surface area contributed by atoms with Crippen LogP contribution in [0, 0.1) is 17.8 Å². The fourth-order valence-corrected chi connectivity index (χ4v) is 3.24. The standard InChI is InChI=1S/C18H27NO3/c1-12(2)16-9-8-13(3)10-17(16)22-18(20)19-14-6-5-7-15(11-14)21-4/h5-7,11-13,16-17H,8-10H2,1-4H3,(H,19,20)/t13-,16+,17-/m1/s1. The molecule has 0 radical (unpaired) electrons. The largest absolute Gasteiger partial charge is 0.497 e. The molecule has 0 heterocycles. The Kier molecular flexibility index (Phi) is 5.69. The van der Waals surface area contributed by atoms with Crippen LogP contribution < -0.4 is 10.1 Å². The van der Waals surface area contributed by atoms with Crippen LogP contribution in [0.2, 0.25) is 0 Å². The molecule has 22 heavy (non-hydrogen) atoms. The number of anilines is 1. The molecule has 1 aromatic rings. The Morgan fingerprint density at radius 3 is 2.77 bits per heavy atom. The van der Waals surface area contributed by atoms with Crippen LogP contribution in [0.5, 0.6) is 5.75 Å². The van der Waals surface area contributed by atoms with E-state index in [9.17, 15) is 4.79 Å². The van der Waals surface area contributed by atoms with Gasteiger partial charge < -0.3 is 9.47 Å². The fraction of sp³-hybridized carbons (Fsp3) is 0.611. The van der Waals surface area contributed by atoms with E-state index >= 15 is 0 Å². The second-order valence-electron chi connectivity index (χ2n) is 6.63. The lowest BCUT2D eigenvalue weighted by Gasteiger charge is -2.36. The Bertz CT molecular complexity index is 501. The highest BCUT2D eigenvalue weighted by atomic mass is 16.6. The molecule has 1 aliphatic rings. The van der Waals surface area contributed by atoms with Crippen molar-refractivity contribution < 1.29 is 14.3 Å². The molecule has 0 aromatic heterocycles. The maximum atomic E-state index is 12.2. The summed E-state index contributed by atoms with van der Waals surface area (Å²) < 4.78 is 10.9. The van der Waals surface area contributed by atoms with E-state index in [4.69, 9.17) is 9.47 Å². The molecule has 4 nitrogen and oxygen atoms in total. The van der Waals surface area contributed by atoms with Gasteiger partial charge in [-0.15, -0.1) is 0 Å². The zero-order valence-electron chi connectivity index (χ0n) is 14.0. The monoisotopic (exact) mass is 305 g/mol. The summed E-state index contributed by atoms with van der Waals surface area (Å²) in [7, 11) is 1.61. The zero-order chi connectivity index (χ0) is 16.1. The van der Waals surface area contributed by atoms with Gasteiger partial charge in [0.1, 0.15) is 11.9 Å². The molecule has 0 spiro atoms. The molecule has 3 atom stereocenters. The van der Waals surface area contributed by atoms with Crippen LogP contribution >= 0.6 is 0 Å². The number of hydrogen-bond acceptors (Lipinski definition) is 3. The van der Waals surface area contributed by atoms with Crippen molar-refractivity contribution in [3.8, 4) is 5.75 Å². The molecule has 1 aliphatic carbocycles. The van der Waals surface area contributed by atoms with Gasteiger partial charge in [-0.1, -0.05) is 33.3 Å². The van der Waals surface area contributed by atoms with E-state index in [-0.39, 0.29) is 12.2 Å². The van der Waals surface area contributed by atoms with Crippen LogP contribution in [0.4, 0.5) is 10.5 Å². The van der Waals surface area contributed by atoms with Crippen LogP contribution in [-0.4, -0.2) is 19.3 Å². The number of methoxy groups -OCH3 is 1. The van der Waals surface area contributed by atoms with Crippen LogP contribution in [0.3, 0.4) is 0 Å². The zero-order valence-corrected chi connectivity index (χ0v) is 14.0. The molecule has 0 bridgehead atoms. The third kappa shape index (κ3) is 4.39. The molecule has 1 aromatic carbocycles. The number of benzene rings is 1. The first-order chi connectivity index (χ1) is 10.5. The average molecular weight is 305 g/mol. The van der Waals surface area contributed by atoms with E-state index in [2.05, 4.69) is 26.1 Å². The first kappa shape index (κ1) is 16.7. The molecule has 2 rings (SSSR count). The minimum atomic E-state index is -0.377. The van der Waals surface area contributed by atoms with Gasteiger partial charge in [-0.05, 0) is 42.7 Å². The lowest BCUT2D eigenvalue weighted by Crippen LogP contribution is -2.36. The molecule has 122 valence electrons. The van der Waals surface area contributed by atoms with Crippen LogP contribution in [0.25, 0.3) is 0 Å². The summed E-state index contributed by atoms with van der Waals surface area (Å²) in [5.74, 6) is 2.31. The van der Waals surface area contributed by atoms with Crippen LogP contribution in [-0.2, 0) is 4.74 Å². The molecule has 0 aliphatic heterocycles. The number of amides is 1. The highest BCUT2D eigenvalue weighted by Gasteiger charge is 2.33. The summed E-state index contributed by atoms with van der Waals surface area (Å²) in [6.07, 6.45) is 2.94. The Hall–Kier alpha value is -1.71. The highest BCUT2D eigenvalue weighted by Crippen LogP contribution is 2.35. The van der Waals surface area contributed by atoms with Gasteiger partial charge in [0.05, 0.1) is 7.11 Å². The number of ether oxygens (including phenoxy) is 2.